The Morgan fingerprint density at radius 3 is 2.32 bits per heavy atom. The lowest BCUT2D eigenvalue weighted by Gasteiger charge is -2.31. The second kappa shape index (κ2) is 14.5. The molecular formula is C36H43N5O5S. The van der Waals surface area contributed by atoms with E-state index in [1.54, 1.807) is 45.0 Å². The van der Waals surface area contributed by atoms with E-state index in [1.165, 1.54) is 0 Å². The van der Waals surface area contributed by atoms with Crippen molar-refractivity contribution >= 4 is 38.4 Å². The lowest BCUT2D eigenvalue weighted by atomic mass is 9.99. The van der Waals surface area contributed by atoms with Crippen molar-refractivity contribution < 1.29 is 22.7 Å². The lowest BCUT2D eigenvalue weighted by molar-refractivity contribution is -0.137. The van der Waals surface area contributed by atoms with Crippen LogP contribution in [-0.4, -0.2) is 62.4 Å². The zero-order valence-electron chi connectivity index (χ0n) is 27.4. The van der Waals surface area contributed by atoms with Crippen molar-refractivity contribution in [2.75, 3.05) is 25.9 Å². The van der Waals surface area contributed by atoms with Gasteiger partial charge in [-0.15, -0.1) is 0 Å². The molecule has 4 N–H and O–H groups in total. The Labute approximate surface area is 276 Å². The number of hydrogen-bond acceptors (Lipinski definition) is 7. The molecule has 0 bridgehead atoms. The highest BCUT2D eigenvalue weighted by Crippen LogP contribution is 2.31. The molecule has 248 valence electrons. The van der Waals surface area contributed by atoms with E-state index in [0.717, 1.165) is 41.2 Å². The first-order valence-corrected chi connectivity index (χ1v) is 17.4. The lowest BCUT2D eigenvalue weighted by Crippen LogP contribution is -2.56. The highest BCUT2D eigenvalue weighted by molar-refractivity contribution is 7.89. The number of carbonyl (C=O) groups is 2. The molecule has 1 unspecified atom stereocenters. The van der Waals surface area contributed by atoms with Gasteiger partial charge in [0.1, 0.15) is 23.7 Å². The molecule has 47 heavy (non-hydrogen) atoms. The Kier molecular flexibility index (Phi) is 10.5. The molecule has 1 aliphatic rings. The summed E-state index contributed by atoms with van der Waals surface area (Å²) in [6.45, 7) is 6.46. The molecule has 10 nitrogen and oxygen atoms in total. The van der Waals surface area contributed by atoms with Crippen molar-refractivity contribution in [1.82, 2.24) is 19.9 Å². The minimum Gasteiger partial charge on any atom is -0.496 e. The van der Waals surface area contributed by atoms with Crippen LogP contribution in [0.15, 0.2) is 71.8 Å². The molecule has 4 aromatic rings. The van der Waals surface area contributed by atoms with Crippen LogP contribution in [0.1, 0.15) is 47.1 Å². The molecule has 1 aliphatic heterocycles. The van der Waals surface area contributed by atoms with Gasteiger partial charge in [-0.2, -0.15) is 4.72 Å². The number of ether oxygens (including phenoxy) is 1. The summed E-state index contributed by atoms with van der Waals surface area (Å²) in [6, 6.07) is 16.3. The zero-order valence-corrected chi connectivity index (χ0v) is 28.2. The minimum absolute atomic E-state index is 0.0893. The topological polar surface area (TPSA) is 144 Å². The molecule has 0 saturated carbocycles. The van der Waals surface area contributed by atoms with Gasteiger partial charge in [0.15, 0.2) is 0 Å². The number of aryl methyl sites for hydroxylation is 1. The maximum absolute atomic E-state index is 14.2. The number of fused-ring (bicyclic) bond motifs is 1. The Hall–Kier alpha value is -4.48. The second-order valence-electron chi connectivity index (χ2n) is 12.2. The van der Waals surface area contributed by atoms with Crippen LogP contribution in [0.25, 0.3) is 10.8 Å². The van der Waals surface area contributed by atoms with Crippen LogP contribution < -0.4 is 20.5 Å². The summed E-state index contributed by atoms with van der Waals surface area (Å²) in [5, 5.41) is 4.64. The summed E-state index contributed by atoms with van der Waals surface area (Å²) in [4.78, 5) is 34.2. The van der Waals surface area contributed by atoms with E-state index in [4.69, 9.17) is 10.5 Å². The van der Waals surface area contributed by atoms with Gasteiger partial charge < -0.3 is 20.7 Å². The molecule has 3 aromatic carbocycles. The van der Waals surface area contributed by atoms with Crippen LogP contribution in [0.2, 0.25) is 0 Å². The van der Waals surface area contributed by atoms with Gasteiger partial charge in [0.05, 0.1) is 12.0 Å². The van der Waals surface area contributed by atoms with E-state index in [1.807, 2.05) is 54.6 Å². The third kappa shape index (κ3) is 7.74. The zero-order chi connectivity index (χ0) is 33.7. The number of nitrogen functional groups attached to an aromatic ring is 1. The molecule has 2 atom stereocenters. The van der Waals surface area contributed by atoms with E-state index < -0.39 is 28.0 Å². The Balaban J connectivity index is 1.48. The average molecular weight is 658 g/mol. The van der Waals surface area contributed by atoms with Gasteiger partial charge in [0.2, 0.25) is 21.8 Å². The Morgan fingerprint density at radius 2 is 1.62 bits per heavy atom. The van der Waals surface area contributed by atoms with Crippen molar-refractivity contribution in [3.8, 4) is 5.75 Å². The van der Waals surface area contributed by atoms with E-state index in [2.05, 4.69) is 15.0 Å². The summed E-state index contributed by atoms with van der Waals surface area (Å²) in [5.74, 6) is 0.231. The molecule has 1 aromatic heterocycles. The standard InChI is InChI=1S/C36H43N5O5S/c1-23-19-32(46-4)24(2)25(3)33(23)47(44,45)40-30(21-26-11-7-5-8-12-26)35(42)39-31(36(43)41-17-9-6-10-18-41)22-27-13-14-29-28(20-27)15-16-38-34(29)37/h5,7-8,11-16,19-20,30-31,40H,6,9-10,17-18,21-22H2,1-4H3,(H2,37,38)(H,39,42)/t30-,31?/m0/s1. The van der Waals surface area contributed by atoms with E-state index in [0.29, 0.717) is 41.3 Å². The number of amides is 2. The van der Waals surface area contributed by atoms with Crippen LogP contribution in [0.4, 0.5) is 5.82 Å². The molecule has 5 rings (SSSR count). The third-order valence-corrected chi connectivity index (χ3v) is 10.7. The number of nitrogens with one attached hydrogen (secondary N) is 2. The van der Waals surface area contributed by atoms with E-state index in [9.17, 15) is 18.0 Å². The number of nitrogens with zero attached hydrogens (tertiary/aromatic N) is 2. The SMILES string of the molecule is COc1cc(C)c(S(=O)(=O)N[C@@H](Cc2ccccc2)C(=O)NC(Cc2ccc3c(N)nccc3c2)C(=O)N2CCCCC2)c(C)c1C. The van der Waals surface area contributed by atoms with Crippen LogP contribution in [0.5, 0.6) is 5.75 Å². The number of aromatic nitrogens is 1. The maximum atomic E-state index is 14.2. The summed E-state index contributed by atoms with van der Waals surface area (Å²) in [5.41, 5.74) is 9.40. The van der Waals surface area contributed by atoms with Crippen LogP contribution in [0, 0.1) is 20.8 Å². The normalized spacial score (nSPS) is 14.9. The van der Waals surface area contributed by atoms with Gasteiger partial charge >= 0.3 is 0 Å². The first-order chi connectivity index (χ1) is 22.5. The molecule has 1 saturated heterocycles. The van der Waals surface area contributed by atoms with Crippen LogP contribution in [-0.2, 0) is 32.5 Å². The molecule has 2 amide bonds. The van der Waals surface area contributed by atoms with Crippen molar-refractivity contribution in [3.63, 3.8) is 0 Å². The maximum Gasteiger partial charge on any atom is 0.245 e. The predicted molar refractivity (Wildman–Crippen MR) is 184 cm³/mol. The second-order valence-corrected chi connectivity index (χ2v) is 13.9. The summed E-state index contributed by atoms with van der Waals surface area (Å²) in [7, 11) is -2.64. The number of hydrogen-bond donors (Lipinski definition) is 3. The number of methoxy groups -OCH3 is 1. The fourth-order valence-electron chi connectivity index (χ4n) is 6.35. The molecule has 11 heteroatoms. The quantitative estimate of drug-likeness (QED) is 0.217. The first-order valence-electron chi connectivity index (χ1n) is 15.9. The van der Waals surface area contributed by atoms with Crippen LogP contribution in [0.3, 0.4) is 0 Å². The Morgan fingerprint density at radius 1 is 0.915 bits per heavy atom. The van der Waals surface area contributed by atoms with Crippen molar-refractivity contribution in [2.45, 2.75) is 69.9 Å². The number of pyridine rings is 1. The van der Waals surface area contributed by atoms with Gasteiger partial charge in [0.25, 0.3) is 0 Å². The molecule has 0 radical (unpaired) electrons. The largest absolute Gasteiger partial charge is 0.496 e. The van der Waals surface area contributed by atoms with Crippen molar-refractivity contribution in [1.29, 1.82) is 0 Å². The predicted octanol–water partition coefficient (Wildman–Crippen LogP) is 4.38. The van der Waals surface area contributed by atoms with E-state index >= 15 is 0 Å². The fraction of sp³-hybridized carbons (Fsp3) is 0.361. The number of likely N-dealkylation sites (tertiary alicyclic amines) is 1. The molecular weight excluding hydrogens is 614 g/mol. The first kappa shape index (κ1) is 33.9. The summed E-state index contributed by atoms with van der Waals surface area (Å²) < 4.78 is 36.2. The molecule has 2 heterocycles. The minimum atomic E-state index is -4.18. The number of piperidine rings is 1. The van der Waals surface area contributed by atoms with Gasteiger partial charge in [-0.1, -0.05) is 48.5 Å². The summed E-state index contributed by atoms with van der Waals surface area (Å²) in [6.07, 6.45) is 4.78. The molecule has 1 fully saturated rings. The Bertz CT molecular complexity index is 1870. The highest BCUT2D eigenvalue weighted by Gasteiger charge is 2.33. The number of carbonyl (C=O) groups excluding carboxylic acids is 2. The number of rotatable bonds is 11. The fourth-order valence-corrected chi connectivity index (χ4v) is 8.07. The van der Waals surface area contributed by atoms with E-state index in [-0.39, 0.29) is 23.6 Å². The third-order valence-electron chi connectivity index (χ3n) is 8.95. The highest BCUT2D eigenvalue weighted by atomic mass is 32.2. The number of nitrogens with two attached hydrogens (primary N) is 1. The number of anilines is 1. The average Bonchev–Trinajstić information content (AvgIpc) is 3.06. The smallest absolute Gasteiger partial charge is 0.245 e. The molecule has 0 aliphatic carbocycles. The van der Waals surface area contributed by atoms with Gasteiger partial charge in [-0.05, 0) is 91.8 Å². The number of sulfonamides is 1. The number of benzene rings is 3. The van der Waals surface area contributed by atoms with Crippen molar-refractivity contribution in [2.24, 2.45) is 0 Å². The van der Waals surface area contributed by atoms with Gasteiger partial charge in [-0.25, -0.2) is 13.4 Å². The molecule has 0 spiro atoms. The monoisotopic (exact) mass is 657 g/mol. The van der Waals surface area contributed by atoms with Crippen molar-refractivity contribution in [3.05, 3.63) is 94.7 Å². The van der Waals surface area contributed by atoms with Gasteiger partial charge in [-0.3, -0.25) is 9.59 Å². The van der Waals surface area contributed by atoms with Crippen LogP contribution >= 0.6 is 0 Å². The summed E-state index contributed by atoms with van der Waals surface area (Å²) >= 11 is 0. The van der Waals surface area contributed by atoms with Gasteiger partial charge in [0, 0.05) is 31.1 Å².